The van der Waals surface area contributed by atoms with E-state index in [1.54, 1.807) is 12.1 Å². The summed E-state index contributed by atoms with van der Waals surface area (Å²) in [5, 5.41) is 10.5. The minimum absolute atomic E-state index is 0.195. The molecule has 0 saturated carbocycles. The first-order chi connectivity index (χ1) is 20.8. The molecule has 0 amide bonds. The molecule has 2 aromatic carbocycles. The normalized spacial score (nSPS) is 17.8. The average Bonchev–Trinajstić information content (AvgIpc) is 2.97. The van der Waals surface area contributed by atoms with Gasteiger partial charge in [0, 0.05) is 55.7 Å². The minimum Gasteiger partial charge on any atom is -0.479 e. The van der Waals surface area contributed by atoms with Crippen LogP contribution in [0.3, 0.4) is 0 Å². The first kappa shape index (κ1) is 32.1. The second kappa shape index (κ2) is 12.6. The van der Waals surface area contributed by atoms with Gasteiger partial charge in [0.1, 0.15) is 5.82 Å². The van der Waals surface area contributed by atoms with E-state index >= 15 is 0 Å². The quantitative estimate of drug-likeness (QED) is 0.268. The molecule has 1 atom stereocenters. The van der Waals surface area contributed by atoms with E-state index in [9.17, 15) is 14.3 Å². The number of carboxylic acids is 1. The van der Waals surface area contributed by atoms with Crippen LogP contribution in [-0.2, 0) is 29.0 Å². The number of aliphatic carboxylic acids is 1. The molecule has 5 rings (SSSR count). The molecular formula is C37H48FN3O3. The van der Waals surface area contributed by atoms with Gasteiger partial charge in [0.05, 0.1) is 11.3 Å². The Morgan fingerprint density at radius 1 is 1.09 bits per heavy atom. The second-order valence-corrected chi connectivity index (χ2v) is 14.1. The van der Waals surface area contributed by atoms with Crippen LogP contribution in [0.5, 0.6) is 0 Å². The lowest BCUT2D eigenvalue weighted by Gasteiger charge is -2.41. The molecule has 0 aliphatic carbocycles. The van der Waals surface area contributed by atoms with Crippen LogP contribution in [0.2, 0.25) is 0 Å². The zero-order chi connectivity index (χ0) is 31.8. The van der Waals surface area contributed by atoms with Crippen molar-refractivity contribution in [1.29, 1.82) is 0 Å². The topological polar surface area (TPSA) is 65.9 Å². The third-order valence-corrected chi connectivity index (χ3v) is 9.80. The van der Waals surface area contributed by atoms with Gasteiger partial charge in [-0.25, -0.2) is 9.18 Å². The second-order valence-electron chi connectivity index (χ2n) is 14.1. The lowest BCUT2D eigenvalue weighted by molar-refractivity contribution is -0.162. The molecule has 236 valence electrons. The average molecular weight is 602 g/mol. The van der Waals surface area contributed by atoms with Gasteiger partial charge in [0.2, 0.25) is 0 Å². The highest BCUT2D eigenvalue weighted by Crippen LogP contribution is 2.44. The standard InChI is InChI=1S/C37H48FN3O3/c1-8-37(6,7)44-34(35(42)43)32-25(3)39-21-31(33(32)41-17-14-36(4,5)15-18-41)27-9-10-29-23-40(16-13-26(29)20-27)22-28-11-12-30(38)19-24(28)2/h9-12,19-21,34H,8,13-18,22-23H2,1-7H3,(H,42,43)/t34-/m0/s1. The van der Waals surface area contributed by atoms with Crippen LogP contribution in [0, 0.1) is 25.1 Å². The van der Waals surface area contributed by atoms with Crippen molar-refractivity contribution in [1.82, 2.24) is 9.88 Å². The summed E-state index contributed by atoms with van der Waals surface area (Å²) in [6.45, 7) is 18.6. The highest BCUT2D eigenvalue weighted by atomic mass is 19.1. The Morgan fingerprint density at radius 3 is 2.48 bits per heavy atom. The number of hydrogen-bond donors (Lipinski definition) is 1. The number of benzene rings is 2. The lowest BCUT2D eigenvalue weighted by atomic mass is 9.82. The van der Waals surface area contributed by atoms with Gasteiger partial charge < -0.3 is 14.7 Å². The summed E-state index contributed by atoms with van der Waals surface area (Å²) in [7, 11) is 0. The zero-order valence-electron chi connectivity index (χ0n) is 27.5. The third-order valence-electron chi connectivity index (χ3n) is 9.80. The van der Waals surface area contributed by atoms with E-state index in [4.69, 9.17) is 9.72 Å². The summed E-state index contributed by atoms with van der Waals surface area (Å²) in [6.07, 6.45) is 4.46. The number of carboxylic acid groups (broad SMARTS) is 1. The fourth-order valence-electron chi connectivity index (χ4n) is 6.44. The minimum atomic E-state index is -1.12. The fraction of sp³-hybridized carbons (Fsp3) is 0.514. The van der Waals surface area contributed by atoms with Gasteiger partial charge in [-0.2, -0.15) is 0 Å². The van der Waals surface area contributed by atoms with Crippen molar-refractivity contribution < 1.29 is 19.0 Å². The molecule has 0 spiro atoms. The maximum atomic E-state index is 13.6. The predicted molar refractivity (Wildman–Crippen MR) is 174 cm³/mol. The molecular weight excluding hydrogens is 553 g/mol. The van der Waals surface area contributed by atoms with E-state index in [0.29, 0.717) is 17.7 Å². The van der Waals surface area contributed by atoms with Gasteiger partial charge in [-0.3, -0.25) is 9.88 Å². The Bertz CT molecular complexity index is 1520. The third kappa shape index (κ3) is 7.00. The van der Waals surface area contributed by atoms with Crippen molar-refractivity contribution in [3.63, 3.8) is 0 Å². The van der Waals surface area contributed by atoms with Gasteiger partial charge in [-0.15, -0.1) is 0 Å². The Morgan fingerprint density at radius 2 is 1.82 bits per heavy atom. The van der Waals surface area contributed by atoms with Gasteiger partial charge in [-0.1, -0.05) is 45.0 Å². The molecule has 1 fully saturated rings. The Balaban J connectivity index is 1.53. The molecule has 2 aliphatic heterocycles. The molecule has 0 radical (unpaired) electrons. The smallest absolute Gasteiger partial charge is 0.337 e. The summed E-state index contributed by atoms with van der Waals surface area (Å²) in [5.41, 5.74) is 8.68. The molecule has 44 heavy (non-hydrogen) atoms. The zero-order valence-corrected chi connectivity index (χ0v) is 27.5. The van der Waals surface area contributed by atoms with Gasteiger partial charge >= 0.3 is 5.97 Å². The fourth-order valence-corrected chi connectivity index (χ4v) is 6.44. The number of pyridine rings is 1. The summed E-state index contributed by atoms with van der Waals surface area (Å²) in [4.78, 5) is 22.4. The van der Waals surface area contributed by atoms with E-state index in [-0.39, 0.29) is 11.2 Å². The van der Waals surface area contributed by atoms with E-state index in [0.717, 1.165) is 79.9 Å². The van der Waals surface area contributed by atoms with Crippen LogP contribution in [0.1, 0.15) is 93.5 Å². The molecule has 1 saturated heterocycles. The molecule has 3 heterocycles. The monoisotopic (exact) mass is 601 g/mol. The van der Waals surface area contributed by atoms with Crippen molar-refractivity contribution in [3.05, 3.63) is 81.9 Å². The SMILES string of the molecule is CCC(C)(C)O[C@H](C(=O)O)c1c(C)ncc(-c2ccc3c(c2)CCN(Cc2ccc(F)cc2C)C3)c1N1CCC(C)(C)CC1. The summed E-state index contributed by atoms with van der Waals surface area (Å²) in [5.74, 6) is -1.19. The number of aryl methyl sites for hydroxylation is 2. The van der Waals surface area contributed by atoms with Crippen LogP contribution in [0.4, 0.5) is 10.1 Å². The van der Waals surface area contributed by atoms with Gasteiger partial charge in [-0.05, 0) is 98.7 Å². The van der Waals surface area contributed by atoms with Crippen LogP contribution >= 0.6 is 0 Å². The van der Waals surface area contributed by atoms with E-state index in [2.05, 4.69) is 41.8 Å². The highest BCUT2D eigenvalue weighted by Gasteiger charge is 2.36. The van der Waals surface area contributed by atoms with Crippen LogP contribution in [-0.4, -0.2) is 46.2 Å². The van der Waals surface area contributed by atoms with Crippen molar-refractivity contribution in [2.45, 2.75) is 98.9 Å². The maximum absolute atomic E-state index is 13.6. The first-order valence-electron chi connectivity index (χ1n) is 16.0. The summed E-state index contributed by atoms with van der Waals surface area (Å²) in [6, 6.07) is 11.7. The largest absolute Gasteiger partial charge is 0.479 e. The van der Waals surface area contributed by atoms with Crippen molar-refractivity contribution in [2.24, 2.45) is 5.41 Å². The summed E-state index contributed by atoms with van der Waals surface area (Å²) >= 11 is 0. The number of nitrogens with zero attached hydrogens (tertiary/aromatic N) is 3. The molecule has 6 nitrogen and oxygen atoms in total. The van der Waals surface area contributed by atoms with E-state index in [1.807, 2.05) is 46.9 Å². The number of ether oxygens (including phenoxy) is 1. The number of hydrogen-bond acceptors (Lipinski definition) is 5. The Labute approximate surface area is 262 Å². The number of carbonyl (C=O) groups is 1. The molecule has 0 unspecified atom stereocenters. The molecule has 1 N–H and O–H groups in total. The van der Waals surface area contributed by atoms with E-state index in [1.165, 1.54) is 11.1 Å². The van der Waals surface area contributed by atoms with Gasteiger partial charge in [0.25, 0.3) is 0 Å². The van der Waals surface area contributed by atoms with Crippen molar-refractivity contribution in [3.8, 4) is 11.1 Å². The molecule has 3 aromatic rings. The van der Waals surface area contributed by atoms with Crippen LogP contribution in [0.15, 0.2) is 42.6 Å². The van der Waals surface area contributed by atoms with Crippen molar-refractivity contribution in [2.75, 3.05) is 24.5 Å². The molecule has 0 bridgehead atoms. The lowest BCUT2D eigenvalue weighted by Crippen LogP contribution is -2.39. The number of halogens is 1. The molecule has 2 aliphatic rings. The number of anilines is 1. The van der Waals surface area contributed by atoms with Crippen LogP contribution < -0.4 is 4.90 Å². The highest BCUT2D eigenvalue weighted by molar-refractivity contribution is 5.86. The first-order valence-corrected chi connectivity index (χ1v) is 16.0. The molecule has 7 heteroatoms. The number of aromatic nitrogens is 1. The Kier molecular flexibility index (Phi) is 9.20. The maximum Gasteiger partial charge on any atom is 0.337 e. The number of piperidine rings is 1. The number of fused-ring (bicyclic) bond motifs is 1. The van der Waals surface area contributed by atoms with Crippen molar-refractivity contribution >= 4 is 11.7 Å². The Hall–Kier alpha value is -3.29. The van der Waals surface area contributed by atoms with Crippen LogP contribution in [0.25, 0.3) is 11.1 Å². The summed E-state index contributed by atoms with van der Waals surface area (Å²) < 4.78 is 20.0. The van der Waals surface area contributed by atoms with E-state index < -0.39 is 17.7 Å². The number of rotatable bonds is 9. The predicted octanol–water partition coefficient (Wildman–Crippen LogP) is 8.02. The molecule has 1 aromatic heterocycles. The van der Waals surface area contributed by atoms with Gasteiger partial charge in [0.15, 0.2) is 6.10 Å².